The van der Waals surface area contributed by atoms with Crippen LogP contribution in [-0.2, 0) is 14.8 Å². The number of likely N-dealkylation sites (tertiary alicyclic amines) is 1. The number of amides is 2. The Morgan fingerprint density at radius 3 is 2.42 bits per heavy atom. The first-order chi connectivity index (χ1) is 15.8. The van der Waals surface area contributed by atoms with Gasteiger partial charge in [-0.15, -0.1) is 0 Å². The maximum absolute atomic E-state index is 14.8. The molecule has 2 aromatic carbocycles. The standard InChI is InChI=1S/C22H24ClF2N3O4S/c23-16-3-6-19(7-4-16)33(30,31)28(21-14-17(24)5-8-20(21)25)18-2-1-9-27(15-18)22(29)26-10-12-32-13-11-26/h3-8,14,18H,1-2,9-13,15H2. The van der Waals surface area contributed by atoms with E-state index in [9.17, 15) is 22.0 Å². The van der Waals surface area contributed by atoms with Gasteiger partial charge in [0.05, 0.1) is 29.8 Å². The number of carbonyl (C=O) groups excluding carboxylic acids is 1. The molecule has 2 saturated heterocycles. The second kappa shape index (κ2) is 9.82. The molecule has 0 aliphatic carbocycles. The molecule has 1 unspecified atom stereocenters. The van der Waals surface area contributed by atoms with Crippen LogP contribution in [0.5, 0.6) is 0 Å². The number of piperidine rings is 1. The van der Waals surface area contributed by atoms with Crippen molar-refractivity contribution in [3.63, 3.8) is 0 Å². The topological polar surface area (TPSA) is 70.2 Å². The summed E-state index contributed by atoms with van der Waals surface area (Å²) < 4.78 is 62.4. The minimum absolute atomic E-state index is 0.0545. The predicted octanol–water partition coefficient (Wildman–Crippen LogP) is 3.73. The first kappa shape index (κ1) is 23.7. The van der Waals surface area contributed by atoms with Crippen LogP contribution < -0.4 is 4.31 Å². The Balaban J connectivity index is 1.70. The molecular weight excluding hydrogens is 476 g/mol. The van der Waals surface area contributed by atoms with Gasteiger partial charge in [-0.3, -0.25) is 4.31 Å². The van der Waals surface area contributed by atoms with E-state index < -0.39 is 33.4 Å². The SMILES string of the molecule is O=C(N1CCOCC1)N1CCCC(N(c2cc(F)ccc2F)S(=O)(=O)c2ccc(Cl)cc2)C1. The van der Waals surface area contributed by atoms with E-state index in [1.807, 2.05) is 0 Å². The van der Waals surface area contributed by atoms with Gasteiger partial charge in [0.1, 0.15) is 11.6 Å². The molecule has 7 nitrogen and oxygen atoms in total. The van der Waals surface area contributed by atoms with Crippen LogP contribution in [0.4, 0.5) is 19.3 Å². The normalized spacial score (nSPS) is 19.4. The summed E-state index contributed by atoms with van der Waals surface area (Å²) in [5, 5.41) is 0.345. The summed E-state index contributed by atoms with van der Waals surface area (Å²) in [5.41, 5.74) is -0.393. The molecule has 2 aliphatic rings. The molecule has 0 N–H and O–H groups in total. The van der Waals surface area contributed by atoms with E-state index in [2.05, 4.69) is 0 Å². The minimum Gasteiger partial charge on any atom is -0.378 e. The van der Waals surface area contributed by atoms with Crippen LogP contribution in [0.25, 0.3) is 0 Å². The molecule has 33 heavy (non-hydrogen) atoms. The van der Waals surface area contributed by atoms with Crippen LogP contribution in [-0.4, -0.2) is 69.7 Å². The first-order valence-electron chi connectivity index (χ1n) is 10.6. The number of sulfonamides is 1. The Morgan fingerprint density at radius 2 is 1.73 bits per heavy atom. The van der Waals surface area contributed by atoms with Crippen molar-refractivity contribution in [2.24, 2.45) is 0 Å². The van der Waals surface area contributed by atoms with Gasteiger partial charge in [-0.1, -0.05) is 11.6 Å². The lowest BCUT2D eigenvalue weighted by molar-refractivity contribution is 0.0410. The molecule has 0 spiro atoms. The second-order valence-electron chi connectivity index (χ2n) is 7.97. The monoisotopic (exact) mass is 499 g/mol. The number of hydrogen-bond donors (Lipinski definition) is 0. The van der Waals surface area contributed by atoms with Crippen molar-refractivity contribution < 1.29 is 26.7 Å². The third-order valence-electron chi connectivity index (χ3n) is 5.80. The zero-order chi connectivity index (χ0) is 23.6. The summed E-state index contributed by atoms with van der Waals surface area (Å²) >= 11 is 5.91. The zero-order valence-corrected chi connectivity index (χ0v) is 19.4. The predicted molar refractivity (Wildman–Crippen MR) is 120 cm³/mol. The Kier molecular flexibility index (Phi) is 7.06. The number of anilines is 1. The van der Waals surface area contributed by atoms with Gasteiger partial charge in [0.25, 0.3) is 10.0 Å². The van der Waals surface area contributed by atoms with Crippen molar-refractivity contribution in [2.75, 3.05) is 43.7 Å². The van der Waals surface area contributed by atoms with E-state index in [-0.39, 0.29) is 17.5 Å². The fraction of sp³-hybridized carbons (Fsp3) is 0.409. The molecule has 2 heterocycles. The van der Waals surface area contributed by atoms with Crippen LogP contribution in [0.15, 0.2) is 47.4 Å². The van der Waals surface area contributed by atoms with E-state index in [1.165, 1.54) is 24.3 Å². The number of ether oxygens (including phenoxy) is 1. The maximum Gasteiger partial charge on any atom is 0.320 e. The van der Waals surface area contributed by atoms with Crippen molar-refractivity contribution in [2.45, 2.75) is 23.8 Å². The lowest BCUT2D eigenvalue weighted by Crippen LogP contribution is -2.56. The average Bonchev–Trinajstić information content (AvgIpc) is 2.82. The molecule has 2 amide bonds. The Morgan fingerprint density at radius 1 is 1.03 bits per heavy atom. The first-order valence-corrected chi connectivity index (χ1v) is 12.5. The summed E-state index contributed by atoms with van der Waals surface area (Å²) in [6.45, 7) is 2.28. The van der Waals surface area contributed by atoms with Crippen molar-refractivity contribution >= 4 is 33.3 Å². The molecule has 0 radical (unpaired) electrons. The van der Waals surface area contributed by atoms with Gasteiger partial charge in [-0.05, 0) is 49.2 Å². The number of morpholine rings is 1. The van der Waals surface area contributed by atoms with E-state index in [0.717, 1.165) is 22.5 Å². The van der Waals surface area contributed by atoms with Crippen molar-refractivity contribution in [1.82, 2.24) is 9.80 Å². The van der Waals surface area contributed by atoms with E-state index >= 15 is 0 Å². The molecule has 0 aromatic heterocycles. The quantitative estimate of drug-likeness (QED) is 0.642. The Bertz CT molecular complexity index is 1110. The molecule has 2 aromatic rings. The number of carbonyl (C=O) groups is 1. The van der Waals surface area contributed by atoms with Gasteiger partial charge in [-0.25, -0.2) is 22.0 Å². The fourth-order valence-electron chi connectivity index (χ4n) is 4.17. The van der Waals surface area contributed by atoms with Gasteiger partial charge in [0.15, 0.2) is 0 Å². The largest absolute Gasteiger partial charge is 0.378 e. The summed E-state index contributed by atoms with van der Waals surface area (Å²) in [4.78, 5) is 16.1. The highest BCUT2D eigenvalue weighted by molar-refractivity contribution is 7.92. The number of hydrogen-bond acceptors (Lipinski definition) is 4. The van der Waals surface area contributed by atoms with Crippen molar-refractivity contribution in [3.05, 3.63) is 59.1 Å². The smallest absolute Gasteiger partial charge is 0.320 e. The summed E-state index contributed by atoms with van der Waals surface area (Å²) in [5.74, 6) is -1.63. The van der Waals surface area contributed by atoms with Gasteiger partial charge < -0.3 is 14.5 Å². The van der Waals surface area contributed by atoms with Crippen molar-refractivity contribution in [1.29, 1.82) is 0 Å². The van der Waals surface area contributed by atoms with Crippen LogP contribution in [0.3, 0.4) is 0 Å². The van der Waals surface area contributed by atoms with E-state index in [4.69, 9.17) is 16.3 Å². The lowest BCUT2D eigenvalue weighted by atomic mass is 10.1. The molecule has 178 valence electrons. The summed E-state index contributed by atoms with van der Waals surface area (Å²) in [7, 11) is -4.29. The molecule has 0 saturated carbocycles. The number of nitrogens with zero attached hydrogens (tertiary/aromatic N) is 3. The fourth-order valence-corrected chi connectivity index (χ4v) is 5.97. The van der Waals surface area contributed by atoms with Gasteiger partial charge in [0.2, 0.25) is 0 Å². The molecule has 4 rings (SSSR count). The number of benzene rings is 2. The summed E-state index contributed by atoms with van der Waals surface area (Å²) in [6, 6.07) is 7.18. The molecule has 1 atom stereocenters. The highest BCUT2D eigenvalue weighted by Crippen LogP contribution is 2.33. The van der Waals surface area contributed by atoms with E-state index in [0.29, 0.717) is 50.7 Å². The van der Waals surface area contributed by atoms with Gasteiger partial charge in [0, 0.05) is 37.3 Å². The highest BCUT2D eigenvalue weighted by atomic mass is 35.5. The van der Waals surface area contributed by atoms with Crippen LogP contribution >= 0.6 is 11.6 Å². The minimum atomic E-state index is -4.29. The third kappa shape index (κ3) is 5.07. The third-order valence-corrected chi connectivity index (χ3v) is 7.93. The Hall–Kier alpha value is -2.43. The maximum atomic E-state index is 14.8. The number of halogens is 3. The number of urea groups is 1. The number of rotatable bonds is 4. The summed E-state index contributed by atoms with van der Waals surface area (Å²) in [6.07, 6.45) is 0.903. The van der Waals surface area contributed by atoms with Crippen LogP contribution in [0.1, 0.15) is 12.8 Å². The Labute approximate surface area is 196 Å². The van der Waals surface area contributed by atoms with Gasteiger partial charge in [-0.2, -0.15) is 0 Å². The average molecular weight is 500 g/mol. The molecule has 11 heteroatoms. The van der Waals surface area contributed by atoms with E-state index in [1.54, 1.807) is 9.80 Å². The second-order valence-corrected chi connectivity index (χ2v) is 10.2. The molecule has 0 bridgehead atoms. The lowest BCUT2D eigenvalue weighted by Gasteiger charge is -2.41. The van der Waals surface area contributed by atoms with Gasteiger partial charge >= 0.3 is 6.03 Å². The highest BCUT2D eigenvalue weighted by Gasteiger charge is 2.38. The van der Waals surface area contributed by atoms with Crippen molar-refractivity contribution in [3.8, 4) is 0 Å². The zero-order valence-electron chi connectivity index (χ0n) is 17.8. The molecule has 2 aliphatic heterocycles. The van der Waals surface area contributed by atoms with Crippen LogP contribution in [0, 0.1) is 11.6 Å². The van der Waals surface area contributed by atoms with Crippen LogP contribution in [0.2, 0.25) is 5.02 Å². The molecular formula is C22H24ClF2N3O4S. The molecule has 2 fully saturated rings.